The first kappa shape index (κ1) is 28.4. The Hall–Kier alpha value is -2.18. The van der Waals surface area contributed by atoms with Crippen LogP contribution in [-0.2, 0) is 0 Å². The standard InChI is InChI=1S/C14H14Br3N3O.C14H17N3O/c1-19-2-4-20(5-3-19)14(21)13-11(17)9-6-8(15)7-10(16)12(9)18-13;1-16-6-8-17(9-7-16)14(18)13-10-11-4-2-3-5-12(11)15-13/h6-7,18H,2-5H2,1H3;2-5,10,15H,6-9H2,1H3. The summed E-state index contributed by atoms with van der Waals surface area (Å²) in [4.78, 5) is 39.8. The molecule has 6 rings (SSSR count). The van der Waals surface area contributed by atoms with Gasteiger partial charge in [0, 0.05) is 77.6 Å². The molecule has 2 amide bonds. The average Bonchev–Trinajstić information content (AvgIpc) is 3.51. The topological polar surface area (TPSA) is 78.7 Å². The molecule has 0 atom stereocenters. The van der Waals surface area contributed by atoms with Gasteiger partial charge >= 0.3 is 0 Å². The lowest BCUT2D eigenvalue weighted by molar-refractivity contribution is 0.0652. The van der Waals surface area contributed by atoms with Crippen LogP contribution < -0.4 is 0 Å². The Morgan fingerprint density at radius 2 is 1.33 bits per heavy atom. The minimum absolute atomic E-state index is 0.0502. The van der Waals surface area contributed by atoms with Gasteiger partial charge in [-0.05, 0) is 70.2 Å². The molecule has 2 aromatic heterocycles. The van der Waals surface area contributed by atoms with Crippen molar-refractivity contribution in [2.24, 2.45) is 0 Å². The maximum Gasteiger partial charge on any atom is 0.271 e. The van der Waals surface area contributed by atoms with Gasteiger partial charge < -0.3 is 29.6 Å². The molecule has 2 aliphatic rings. The molecule has 8 nitrogen and oxygen atoms in total. The Labute approximate surface area is 253 Å². The van der Waals surface area contributed by atoms with E-state index in [1.54, 1.807) is 0 Å². The van der Waals surface area contributed by atoms with Gasteiger partial charge in [0.05, 0.1) is 9.99 Å². The van der Waals surface area contributed by atoms with Crippen molar-refractivity contribution in [1.29, 1.82) is 0 Å². The molecule has 2 fully saturated rings. The summed E-state index contributed by atoms with van der Waals surface area (Å²) in [5.74, 6) is 0.161. The molecule has 0 spiro atoms. The number of piperazine rings is 2. The van der Waals surface area contributed by atoms with Crippen LogP contribution in [0.1, 0.15) is 21.0 Å². The highest BCUT2D eigenvalue weighted by atomic mass is 79.9. The fourth-order valence-corrected chi connectivity index (χ4v) is 6.78. The number of halogens is 3. The number of fused-ring (bicyclic) bond motifs is 2. The number of H-pyrrole nitrogens is 2. The monoisotopic (exact) mass is 720 g/mol. The van der Waals surface area contributed by atoms with E-state index >= 15 is 0 Å². The lowest BCUT2D eigenvalue weighted by atomic mass is 10.2. The molecule has 0 aliphatic carbocycles. The van der Waals surface area contributed by atoms with Gasteiger partial charge in [0.15, 0.2) is 0 Å². The quantitative estimate of drug-likeness (QED) is 0.291. The van der Waals surface area contributed by atoms with Crippen LogP contribution in [0.25, 0.3) is 21.8 Å². The minimum Gasteiger partial charge on any atom is -0.351 e. The molecule has 0 bridgehead atoms. The molecule has 2 saturated heterocycles. The Morgan fingerprint density at radius 1 is 0.744 bits per heavy atom. The maximum absolute atomic E-state index is 12.7. The Balaban J connectivity index is 0.000000160. The van der Waals surface area contributed by atoms with Gasteiger partial charge in [-0.3, -0.25) is 9.59 Å². The minimum atomic E-state index is 0.0502. The fourth-order valence-electron chi connectivity index (χ4n) is 4.87. The van der Waals surface area contributed by atoms with Gasteiger partial charge in [-0.1, -0.05) is 34.1 Å². The van der Waals surface area contributed by atoms with E-state index < -0.39 is 0 Å². The zero-order valence-corrected chi connectivity index (χ0v) is 26.7. The van der Waals surface area contributed by atoms with Gasteiger partial charge in [0.25, 0.3) is 11.8 Å². The summed E-state index contributed by atoms with van der Waals surface area (Å²) in [6.07, 6.45) is 0. The van der Waals surface area contributed by atoms with Gasteiger partial charge in [0.1, 0.15) is 11.4 Å². The number of aromatic nitrogens is 2. The fraction of sp³-hybridized carbons (Fsp3) is 0.357. The molecule has 11 heteroatoms. The number of hydrogen-bond donors (Lipinski definition) is 2. The second kappa shape index (κ2) is 12.1. The first-order chi connectivity index (χ1) is 18.7. The largest absolute Gasteiger partial charge is 0.351 e. The van der Waals surface area contributed by atoms with E-state index in [1.807, 2.05) is 52.3 Å². The summed E-state index contributed by atoms with van der Waals surface area (Å²) in [5.41, 5.74) is 3.27. The van der Waals surface area contributed by atoms with E-state index in [2.05, 4.69) is 81.7 Å². The SMILES string of the molecule is CN1CCN(C(=O)c2[nH]c3c(Br)cc(Br)cc3c2Br)CC1.CN1CCN(C(=O)c2cc3ccccc3[nH]2)CC1. The van der Waals surface area contributed by atoms with E-state index in [-0.39, 0.29) is 11.8 Å². The highest BCUT2D eigenvalue weighted by molar-refractivity contribution is 9.11. The normalized spacial score (nSPS) is 16.9. The Kier molecular flexibility index (Phi) is 8.82. The van der Waals surface area contributed by atoms with Crippen LogP contribution in [0, 0.1) is 0 Å². The van der Waals surface area contributed by atoms with Crippen LogP contribution >= 0.6 is 47.8 Å². The second-order valence-corrected chi connectivity index (χ2v) is 12.6. The van der Waals surface area contributed by atoms with Crippen LogP contribution in [0.2, 0.25) is 0 Å². The molecule has 0 saturated carbocycles. The van der Waals surface area contributed by atoms with Crippen LogP contribution in [0.15, 0.2) is 55.9 Å². The number of aromatic amines is 2. The number of likely N-dealkylation sites (N-methyl/N-ethyl adjacent to an activating group) is 2. The van der Waals surface area contributed by atoms with E-state index in [4.69, 9.17) is 0 Å². The van der Waals surface area contributed by atoms with Crippen molar-refractivity contribution in [1.82, 2.24) is 29.6 Å². The number of carbonyl (C=O) groups is 2. The first-order valence-electron chi connectivity index (χ1n) is 12.9. The highest BCUT2D eigenvalue weighted by Crippen LogP contribution is 2.35. The number of hydrogen-bond acceptors (Lipinski definition) is 4. The highest BCUT2D eigenvalue weighted by Gasteiger charge is 2.25. The number of para-hydroxylation sites is 1. The number of nitrogens with one attached hydrogen (secondary N) is 2. The molecule has 4 aromatic rings. The van der Waals surface area contributed by atoms with Gasteiger partial charge in [-0.25, -0.2) is 0 Å². The molecule has 0 unspecified atom stereocenters. The molecule has 2 aromatic carbocycles. The lowest BCUT2D eigenvalue weighted by Gasteiger charge is -2.32. The molecule has 39 heavy (non-hydrogen) atoms. The third kappa shape index (κ3) is 6.27. The van der Waals surface area contributed by atoms with Gasteiger partial charge in [0.2, 0.25) is 0 Å². The van der Waals surface area contributed by atoms with Gasteiger partial charge in [-0.2, -0.15) is 0 Å². The molecule has 2 aliphatic heterocycles. The van der Waals surface area contributed by atoms with Crippen LogP contribution in [0.4, 0.5) is 0 Å². The van der Waals surface area contributed by atoms with Crippen LogP contribution in [0.5, 0.6) is 0 Å². The van der Waals surface area contributed by atoms with Crippen LogP contribution in [-0.4, -0.2) is 108 Å². The summed E-state index contributed by atoms with van der Waals surface area (Å²) in [7, 11) is 4.17. The van der Waals surface area contributed by atoms with E-state index in [0.29, 0.717) is 11.4 Å². The number of amides is 2. The predicted molar refractivity (Wildman–Crippen MR) is 166 cm³/mol. The number of benzene rings is 2. The van der Waals surface area contributed by atoms with Crippen LogP contribution in [0.3, 0.4) is 0 Å². The maximum atomic E-state index is 12.7. The van der Waals surface area contributed by atoms with Crippen molar-refractivity contribution >= 4 is 81.4 Å². The number of nitrogens with zero attached hydrogens (tertiary/aromatic N) is 4. The summed E-state index contributed by atoms with van der Waals surface area (Å²) < 4.78 is 2.73. The summed E-state index contributed by atoms with van der Waals surface area (Å²) >= 11 is 10.6. The van der Waals surface area contributed by atoms with Crippen molar-refractivity contribution < 1.29 is 9.59 Å². The number of carbonyl (C=O) groups excluding carboxylic acids is 2. The van der Waals surface area contributed by atoms with Crippen molar-refractivity contribution in [3.05, 3.63) is 67.3 Å². The first-order valence-corrected chi connectivity index (χ1v) is 15.3. The predicted octanol–water partition coefficient (Wildman–Crippen LogP) is 5.40. The zero-order valence-electron chi connectivity index (χ0n) is 21.9. The Morgan fingerprint density at radius 3 is 1.95 bits per heavy atom. The second-order valence-electron chi connectivity index (χ2n) is 10.1. The lowest BCUT2D eigenvalue weighted by Crippen LogP contribution is -2.47. The van der Waals surface area contributed by atoms with E-state index in [0.717, 1.165) is 87.6 Å². The molecule has 4 heterocycles. The molecule has 206 valence electrons. The molecule has 2 N–H and O–H groups in total. The van der Waals surface area contributed by atoms with Crippen molar-refractivity contribution in [2.45, 2.75) is 0 Å². The van der Waals surface area contributed by atoms with E-state index in [1.165, 1.54) is 0 Å². The van der Waals surface area contributed by atoms with Crippen molar-refractivity contribution in [2.75, 3.05) is 66.5 Å². The summed E-state index contributed by atoms with van der Waals surface area (Å²) in [6, 6.07) is 13.9. The molecular weight excluding hydrogens is 692 g/mol. The summed E-state index contributed by atoms with van der Waals surface area (Å²) in [6.45, 7) is 6.88. The smallest absolute Gasteiger partial charge is 0.271 e. The third-order valence-corrected chi connectivity index (χ3v) is 9.22. The average molecular weight is 723 g/mol. The molecular formula is C28H31Br3N6O2. The van der Waals surface area contributed by atoms with Gasteiger partial charge in [-0.15, -0.1) is 0 Å². The molecule has 0 radical (unpaired) electrons. The third-order valence-electron chi connectivity index (χ3n) is 7.32. The Bertz CT molecular complexity index is 1470. The summed E-state index contributed by atoms with van der Waals surface area (Å²) in [5, 5.41) is 2.09. The van der Waals surface area contributed by atoms with Crippen molar-refractivity contribution in [3.63, 3.8) is 0 Å². The number of rotatable bonds is 2. The van der Waals surface area contributed by atoms with E-state index in [9.17, 15) is 9.59 Å². The zero-order chi connectivity index (χ0) is 27.7. The van der Waals surface area contributed by atoms with Crippen molar-refractivity contribution in [3.8, 4) is 0 Å².